The van der Waals surface area contributed by atoms with Crippen LogP contribution in [-0.2, 0) is 6.54 Å². The molecule has 0 aliphatic heterocycles. The van der Waals surface area contributed by atoms with Crippen molar-refractivity contribution in [3.63, 3.8) is 0 Å². The average molecular weight is 389 g/mol. The van der Waals surface area contributed by atoms with Gasteiger partial charge in [-0.25, -0.2) is 9.38 Å². The highest BCUT2D eigenvalue weighted by molar-refractivity contribution is 5.92. The lowest BCUT2D eigenvalue weighted by Gasteiger charge is -2.27. The van der Waals surface area contributed by atoms with Gasteiger partial charge in [-0.15, -0.1) is 10.2 Å². The number of rotatable bonds is 7. The molecule has 0 spiro atoms. The summed E-state index contributed by atoms with van der Waals surface area (Å²) < 4.78 is 2.14. The third-order valence-corrected chi connectivity index (χ3v) is 5.09. The lowest BCUT2D eigenvalue weighted by atomic mass is 10.2. The van der Waals surface area contributed by atoms with E-state index in [0.29, 0.717) is 0 Å². The van der Waals surface area contributed by atoms with Gasteiger partial charge in [0.25, 0.3) is 0 Å². The highest BCUT2D eigenvalue weighted by atomic mass is 15.4. The first-order valence-electron chi connectivity index (χ1n) is 10.1. The van der Waals surface area contributed by atoms with Crippen molar-refractivity contribution in [3.8, 4) is 0 Å². The zero-order chi connectivity index (χ0) is 20.4. The monoisotopic (exact) mass is 388 g/mol. The minimum absolute atomic E-state index is 0.249. The Labute approximate surface area is 171 Å². The molecule has 2 aromatic carbocycles. The molecular formula is C23H28N6. The largest absolute Gasteiger partial charge is 0.336 e. The van der Waals surface area contributed by atoms with Crippen molar-refractivity contribution < 1.29 is 0 Å². The van der Waals surface area contributed by atoms with Gasteiger partial charge in [-0.2, -0.15) is 0 Å². The van der Waals surface area contributed by atoms with Gasteiger partial charge in [0.1, 0.15) is 5.82 Å². The maximum Gasteiger partial charge on any atom is 0.213 e. The molecule has 0 atom stereocenters. The molecule has 4 aromatic rings. The van der Waals surface area contributed by atoms with Crippen molar-refractivity contribution in [3.05, 3.63) is 66.0 Å². The molecule has 0 saturated carbocycles. The molecule has 0 aliphatic rings. The Morgan fingerprint density at radius 2 is 1.62 bits per heavy atom. The summed E-state index contributed by atoms with van der Waals surface area (Å²) in [5, 5.41) is 10.1. The van der Waals surface area contributed by atoms with Crippen LogP contribution < -0.4 is 4.90 Å². The van der Waals surface area contributed by atoms with E-state index in [-0.39, 0.29) is 5.92 Å². The molecule has 0 fully saturated rings. The predicted molar refractivity (Wildman–Crippen MR) is 118 cm³/mol. The molecule has 0 unspecified atom stereocenters. The number of anilines is 1. The van der Waals surface area contributed by atoms with Crippen LogP contribution in [0.5, 0.6) is 0 Å². The Morgan fingerprint density at radius 1 is 0.897 bits per heavy atom. The maximum atomic E-state index is 5.08. The number of fused-ring (bicyclic) bond motifs is 3. The second-order valence-corrected chi connectivity index (χ2v) is 8.01. The molecule has 0 N–H and O–H groups in total. The number of hydrogen-bond donors (Lipinski definition) is 0. The van der Waals surface area contributed by atoms with Gasteiger partial charge in [0.15, 0.2) is 5.65 Å². The summed E-state index contributed by atoms with van der Waals surface area (Å²) in [5.41, 5.74) is 3.08. The van der Waals surface area contributed by atoms with E-state index in [1.807, 2.05) is 12.1 Å². The average Bonchev–Trinajstić information content (AvgIpc) is 3.17. The van der Waals surface area contributed by atoms with Crippen molar-refractivity contribution in [2.24, 2.45) is 0 Å². The van der Waals surface area contributed by atoms with Crippen LogP contribution in [0.3, 0.4) is 0 Å². The summed E-state index contributed by atoms with van der Waals surface area (Å²) in [5.74, 6) is 2.09. The first-order chi connectivity index (χ1) is 14.0. The number of nitrogens with zero attached hydrogens (tertiary/aromatic N) is 6. The molecule has 0 bridgehead atoms. The molecule has 2 aromatic heterocycles. The van der Waals surface area contributed by atoms with E-state index in [0.717, 1.165) is 48.0 Å². The lowest BCUT2D eigenvalue weighted by Crippen LogP contribution is -2.33. The Hall–Kier alpha value is -2.99. The number of likely N-dealkylation sites (N-methyl/N-ethyl adjacent to an activating group) is 1. The van der Waals surface area contributed by atoms with Crippen LogP contribution in [0.1, 0.15) is 31.2 Å². The Morgan fingerprint density at radius 3 is 2.34 bits per heavy atom. The van der Waals surface area contributed by atoms with Crippen LogP contribution in [0.25, 0.3) is 16.6 Å². The Bertz CT molecular complexity index is 1100. The highest BCUT2D eigenvalue weighted by Gasteiger charge is 2.21. The normalized spacial score (nSPS) is 11.8. The van der Waals surface area contributed by atoms with Gasteiger partial charge in [-0.1, -0.05) is 56.3 Å². The molecule has 0 saturated heterocycles. The summed E-state index contributed by atoms with van der Waals surface area (Å²) in [6.07, 6.45) is 0. The standard InChI is InChI=1S/C23H28N6/c1-17(2)21-25-26-22-19-12-8-9-13-20(19)24-23(29(21)22)28(15-14-27(3)4)16-18-10-6-5-7-11-18/h5-13,17H,14-16H2,1-4H3. The number of hydrogen-bond acceptors (Lipinski definition) is 5. The second kappa shape index (κ2) is 8.17. The SMILES string of the molecule is CC(C)c1nnc2c3ccccc3nc(N(CCN(C)C)Cc3ccccc3)n12. The lowest BCUT2D eigenvalue weighted by molar-refractivity contribution is 0.411. The van der Waals surface area contributed by atoms with Crippen LogP contribution in [0.2, 0.25) is 0 Å². The maximum absolute atomic E-state index is 5.08. The summed E-state index contributed by atoms with van der Waals surface area (Å²) >= 11 is 0. The van der Waals surface area contributed by atoms with Crippen molar-refractivity contribution in [1.29, 1.82) is 0 Å². The zero-order valence-electron chi connectivity index (χ0n) is 17.6. The van der Waals surface area contributed by atoms with Crippen LogP contribution in [0, 0.1) is 0 Å². The molecule has 6 nitrogen and oxygen atoms in total. The molecule has 150 valence electrons. The fraction of sp³-hybridized carbons (Fsp3) is 0.348. The molecule has 0 aliphatic carbocycles. The quantitative estimate of drug-likeness (QED) is 0.479. The fourth-order valence-corrected chi connectivity index (χ4v) is 3.55. The first-order valence-corrected chi connectivity index (χ1v) is 10.1. The van der Waals surface area contributed by atoms with Gasteiger partial charge in [0, 0.05) is 30.9 Å². The summed E-state index contributed by atoms with van der Waals surface area (Å²) in [6, 6.07) is 18.7. The van der Waals surface area contributed by atoms with E-state index < -0.39 is 0 Å². The van der Waals surface area contributed by atoms with Gasteiger partial charge in [-0.05, 0) is 31.8 Å². The van der Waals surface area contributed by atoms with Crippen molar-refractivity contribution >= 4 is 22.5 Å². The molecule has 0 radical (unpaired) electrons. The molecule has 29 heavy (non-hydrogen) atoms. The molecule has 4 rings (SSSR count). The minimum Gasteiger partial charge on any atom is -0.336 e. The number of para-hydroxylation sites is 1. The van der Waals surface area contributed by atoms with E-state index in [9.17, 15) is 0 Å². The van der Waals surface area contributed by atoms with Gasteiger partial charge in [0.2, 0.25) is 5.95 Å². The van der Waals surface area contributed by atoms with E-state index in [4.69, 9.17) is 4.98 Å². The van der Waals surface area contributed by atoms with E-state index in [1.54, 1.807) is 0 Å². The van der Waals surface area contributed by atoms with Gasteiger partial charge >= 0.3 is 0 Å². The fourth-order valence-electron chi connectivity index (χ4n) is 3.55. The summed E-state index contributed by atoms with van der Waals surface area (Å²) in [4.78, 5) is 9.62. The smallest absolute Gasteiger partial charge is 0.213 e. The van der Waals surface area contributed by atoms with Crippen LogP contribution in [-0.4, -0.2) is 51.7 Å². The Balaban J connectivity index is 1.91. The van der Waals surface area contributed by atoms with E-state index in [1.165, 1.54) is 5.56 Å². The Kier molecular flexibility index (Phi) is 5.45. The second-order valence-electron chi connectivity index (χ2n) is 8.01. The summed E-state index contributed by atoms with van der Waals surface area (Å²) in [6.45, 7) is 6.87. The van der Waals surface area contributed by atoms with Crippen LogP contribution in [0.4, 0.5) is 5.95 Å². The van der Waals surface area contributed by atoms with Crippen LogP contribution >= 0.6 is 0 Å². The molecule has 2 heterocycles. The van der Waals surface area contributed by atoms with E-state index >= 15 is 0 Å². The minimum atomic E-state index is 0.249. The van der Waals surface area contributed by atoms with Gasteiger partial charge in [0.05, 0.1) is 5.52 Å². The summed E-state index contributed by atoms with van der Waals surface area (Å²) in [7, 11) is 4.20. The zero-order valence-corrected chi connectivity index (χ0v) is 17.6. The molecular weight excluding hydrogens is 360 g/mol. The van der Waals surface area contributed by atoms with Crippen molar-refractivity contribution in [1.82, 2.24) is 24.5 Å². The van der Waals surface area contributed by atoms with Crippen molar-refractivity contribution in [2.75, 3.05) is 32.1 Å². The van der Waals surface area contributed by atoms with E-state index in [2.05, 4.69) is 94.8 Å². The third-order valence-electron chi connectivity index (χ3n) is 5.09. The van der Waals surface area contributed by atoms with Gasteiger partial charge < -0.3 is 9.80 Å². The molecule has 0 amide bonds. The third kappa shape index (κ3) is 3.93. The van der Waals surface area contributed by atoms with Gasteiger partial charge in [-0.3, -0.25) is 0 Å². The molecule has 6 heteroatoms. The highest BCUT2D eigenvalue weighted by Crippen LogP contribution is 2.27. The van der Waals surface area contributed by atoms with Crippen LogP contribution in [0.15, 0.2) is 54.6 Å². The number of benzene rings is 2. The predicted octanol–water partition coefficient (Wildman–Crippen LogP) is 3.97. The topological polar surface area (TPSA) is 49.6 Å². The van der Waals surface area contributed by atoms with Crippen molar-refractivity contribution in [2.45, 2.75) is 26.3 Å². The number of aromatic nitrogens is 4. The first kappa shape index (κ1) is 19.3.